The molecular weight excluding hydrogens is 467 g/mol. The molecule has 0 aliphatic heterocycles. The number of hydrogen-bond acceptors (Lipinski definition) is 3. The van der Waals surface area contributed by atoms with E-state index in [0.717, 1.165) is 30.2 Å². The standard InChI is InChI=1S/C21H28N4O2.HI/c1-4-23-20(26)18-9-5-17(6-10-18)15-25-21(22-2)24-14-13-16-7-11-19(27-3)12-8-16;/h5-12H,4,13-15H2,1-3H3,(H,23,26)(H2,22,24,25);1H. The Kier molecular flexibility index (Phi) is 11.0. The average molecular weight is 496 g/mol. The first-order chi connectivity index (χ1) is 13.2. The zero-order chi connectivity index (χ0) is 19.5. The fourth-order valence-electron chi connectivity index (χ4n) is 2.56. The third-order valence-corrected chi connectivity index (χ3v) is 4.10. The summed E-state index contributed by atoms with van der Waals surface area (Å²) in [6.07, 6.45) is 0.895. The topological polar surface area (TPSA) is 74.8 Å². The lowest BCUT2D eigenvalue weighted by Gasteiger charge is -2.12. The van der Waals surface area contributed by atoms with Gasteiger partial charge in [-0.05, 0) is 48.7 Å². The second-order valence-corrected chi connectivity index (χ2v) is 6.01. The van der Waals surface area contributed by atoms with Gasteiger partial charge in [-0.2, -0.15) is 0 Å². The number of halogens is 1. The van der Waals surface area contributed by atoms with E-state index in [0.29, 0.717) is 18.7 Å². The van der Waals surface area contributed by atoms with Crippen LogP contribution in [0.15, 0.2) is 53.5 Å². The molecule has 0 heterocycles. The van der Waals surface area contributed by atoms with E-state index < -0.39 is 0 Å². The number of nitrogens with one attached hydrogen (secondary N) is 3. The predicted molar refractivity (Wildman–Crippen MR) is 125 cm³/mol. The number of carbonyl (C=O) groups excluding carboxylic acids is 1. The first kappa shape index (κ1) is 23.7. The molecule has 0 fully saturated rings. The molecular formula is C21H29IN4O2. The van der Waals surface area contributed by atoms with Gasteiger partial charge >= 0.3 is 0 Å². The van der Waals surface area contributed by atoms with Gasteiger partial charge in [0.05, 0.1) is 7.11 Å². The maximum absolute atomic E-state index is 11.8. The van der Waals surface area contributed by atoms with Gasteiger partial charge in [0.25, 0.3) is 5.91 Å². The van der Waals surface area contributed by atoms with Crippen molar-refractivity contribution in [2.45, 2.75) is 19.9 Å². The van der Waals surface area contributed by atoms with E-state index in [1.807, 2.05) is 43.3 Å². The normalized spacial score (nSPS) is 10.6. The molecule has 0 aliphatic rings. The summed E-state index contributed by atoms with van der Waals surface area (Å²) in [5.74, 6) is 1.56. The number of carbonyl (C=O) groups is 1. The van der Waals surface area contributed by atoms with Crippen molar-refractivity contribution in [3.63, 3.8) is 0 Å². The van der Waals surface area contributed by atoms with Crippen molar-refractivity contribution in [2.24, 2.45) is 4.99 Å². The SMILES string of the molecule is CCNC(=O)c1ccc(CNC(=NC)NCCc2ccc(OC)cc2)cc1.I. The monoisotopic (exact) mass is 496 g/mol. The number of benzene rings is 2. The number of aliphatic imine (C=N–C) groups is 1. The summed E-state index contributed by atoms with van der Waals surface area (Å²) in [5.41, 5.74) is 2.99. The van der Waals surface area contributed by atoms with Crippen LogP contribution in [-0.2, 0) is 13.0 Å². The number of rotatable bonds is 8. The molecule has 2 aromatic rings. The lowest BCUT2D eigenvalue weighted by molar-refractivity contribution is 0.0956. The highest BCUT2D eigenvalue weighted by atomic mass is 127. The first-order valence-corrected chi connectivity index (χ1v) is 9.10. The zero-order valence-corrected chi connectivity index (χ0v) is 18.9. The minimum atomic E-state index is -0.0481. The van der Waals surface area contributed by atoms with E-state index in [1.165, 1.54) is 5.56 Å². The Bertz CT molecular complexity index is 746. The van der Waals surface area contributed by atoms with Gasteiger partial charge < -0.3 is 20.7 Å². The molecule has 1 amide bonds. The maximum atomic E-state index is 11.8. The van der Waals surface area contributed by atoms with Crippen molar-refractivity contribution in [2.75, 3.05) is 27.2 Å². The van der Waals surface area contributed by atoms with Crippen molar-refractivity contribution in [1.82, 2.24) is 16.0 Å². The van der Waals surface area contributed by atoms with Gasteiger partial charge in [-0.15, -0.1) is 24.0 Å². The summed E-state index contributed by atoms with van der Waals surface area (Å²) in [6, 6.07) is 15.6. The Morgan fingerprint density at radius 2 is 1.61 bits per heavy atom. The molecule has 0 unspecified atom stereocenters. The number of methoxy groups -OCH3 is 1. The predicted octanol–water partition coefficient (Wildman–Crippen LogP) is 2.97. The first-order valence-electron chi connectivity index (χ1n) is 9.10. The Morgan fingerprint density at radius 1 is 0.964 bits per heavy atom. The second kappa shape index (κ2) is 13.0. The fraction of sp³-hybridized carbons (Fsp3) is 0.333. The molecule has 2 aromatic carbocycles. The van der Waals surface area contributed by atoms with Gasteiger partial charge in [-0.25, -0.2) is 0 Å². The third-order valence-electron chi connectivity index (χ3n) is 4.10. The van der Waals surface area contributed by atoms with Crippen LogP contribution in [0.3, 0.4) is 0 Å². The van der Waals surface area contributed by atoms with Crippen LogP contribution < -0.4 is 20.7 Å². The van der Waals surface area contributed by atoms with E-state index in [-0.39, 0.29) is 29.9 Å². The summed E-state index contributed by atoms with van der Waals surface area (Å²) in [7, 11) is 3.42. The number of amides is 1. The van der Waals surface area contributed by atoms with Crippen molar-refractivity contribution in [1.29, 1.82) is 0 Å². The van der Waals surface area contributed by atoms with E-state index in [4.69, 9.17) is 4.74 Å². The number of guanidine groups is 1. The molecule has 6 nitrogen and oxygen atoms in total. The Morgan fingerprint density at radius 3 is 2.18 bits per heavy atom. The summed E-state index contributed by atoms with van der Waals surface area (Å²) in [6.45, 7) is 3.95. The molecule has 2 rings (SSSR count). The lowest BCUT2D eigenvalue weighted by Crippen LogP contribution is -2.37. The molecule has 28 heavy (non-hydrogen) atoms. The molecule has 0 radical (unpaired) electrons. The van der Waals surface area contributed by atoms with Crippen molar-refractivity contribution in [3.05, 3.63) is 65.2 Å². The largest absolute Gasteiger partial charge is 0.497 e. The fourth-order valence-corrected chi connectivity index (χ4v) is 2.56. The molecule has 0 bridgehead atoms. The van der Waals surface area contributed by atoms with Gasteiger partial charge in [0, 0.05) is 32.2 Å². The summed E-state index contributed by atoms with van der Waals surface area (Å²) in [4.78, 5) is 16.0. The van der Waals surface area contributed by atoms with Crippen LogP contribution >= 0.6 is 24.0 Å². The van der Waals surface area contributed by atoms with E-state index in [9.17, 15) is 4.79 Å². The highest BCUT2D eigenvalue weighted by Crippen LogP contribution is 2.11. The molecule has 3 N–H and O–H groups in total. The molecule has 152 valence electrons. The lowest BCUT2D eigenvalue weighted by atomic mass is 10.1. The Labute approximate surface area is 184 Å². The summed E-state index contributed by atoms with van der Waals surface area (Å²) >= 11 is 0. The average Bonchev–Trinajstić information content (AvgIpc) is 2.71. The summed E-state index contributed by atoms with van der Waals surface area (Å²) in [5, 5.41) is 9.38. The second-order valence-electron chi connectivity index (χ2n) is 6.01. The number of nitrogens with zero attached hydrogens (tertiary/aromatic N) is 1. The molecule has 0 atom stereocenters. The van der Waals surface area contributed by atoms with E-state index in [2.05, 4.69) is 33.1 Å². The van der Waals surface area contributed by atoms with Crippen molar-refractivity contribution < 1.29 is 9.53 Å². The van der Waals surface area contributed by atoms with Crippen LogP contribution in [0.5, 0.6) is 5.75 Å². The molecule has 0 spiro atoms. The Balaban J connectivity index is 0.00000392. The molecule has 0 saturated carbocycles. The maximum Gasteiger partial charge on any atom is 0.251 e. The zero-order valence-electron chi connectivity index (χ0n) is 16.6. The van der Waals surface area contributed by atoms with Crippen LogP contribution in [0.2, 0.25) is 0 Å². The number of ether oxygens (including phenoxy) is 1. The quantitative estimate of drug-likeness (QED) is 0.299. The van der Waals surface area contributed by atoms with Gasteiger partial charge in [-0.3, -0.25) is 9.79 Å². The minimum Gasteiger partial charge on any atom is -0.497 e. The third kappa shape index (κ3) is 7.75. The van der Waals surface area contributed by atoms with Crippen molar-refractivity contribution >= 4 is 35.8 Å². The van der Waals surface area contributed by atoms with Gasteiger partial charge in [0.15, 0.2) is 5.96 Å². The summed E-state index contributed by atoms with van der Waals surface area (Å²) < 4.78 is 5.17. The van der Waals surface area contributed by atoms with Crippen molar-refractivity contribution in [3.8, 4) is 5.75 Å². The highest BCUT2D eigenvalue weighted by Gasteiger charge is 2.04. The molecule has 0 aromatic heterocycles. The van der Waals surface area contributed by atoms with Crippen LogP contribution in [0.25, 0.3) is 0 Å². The number of hydrogen-bond donors (Lipinski definition) is 3. The van der Waals surface area contributed by atoms with Crippen LogP contribution in [0.1, 0.15) is 28.4 Å². The van der Waals surface area contributed by atoms with Gasteiger partial charge in [0.1, 0.15) is 5.75 Å². The Hall–Kier alpha value is -2.29. The van der Waals surface area contributed by atoms with E-state index in [1.54, 1.807) is 14.2 Å². The smallest absolute Gasteiger partial charge is 0.251 e. The molecule has 7 heteroatoms. The van der Waals surface area contributed by atoms with Gasteiger partial charge in [0.2, 0.25) is 0 Å². The van der Waals surface area contributed by atoms with E-state index >= 15 is 0 Å². The minimum absolute atomic E-state index is 0. The van der Waals surface area contributed by atoms with Crippen LogP contribution in [-0.4, -0.2) is 39.1 Å². The molecule has 0 saturated heterocycles. The molecule has 0 aliphatic carbocycles. The van der Waals surface area contributed by atoms with Crippen LogP contribution in [0, 0.1) is 0 Å². The van der Waals surface area contributed by atoms with Crippen LogP contribution in [0.4, 0.5) is 0 Å². The van der Waals surface area contributed by atoms with Gasteiger partial charge in [-0.1, -0.05) is 24.3 Å². The highest BCUT2D eigenvalue weighted by molar-refractivity contribution is 14.0.